The molecule has 1 heterocycles. The summed E-state index contributed by atoms with van der Waals surface area (Å²) in [6.07, 6.45) is 0. The van der Waals surface area contributed by atoms with E-state index in [1.54, 1.807) is 0 Å². The number of piperazine rings is 1. The zero-order valence-electron chi connectivity index (χ0n) is 12.1. The minimum absolute atomic E-state index is 0.111. The molecule has 1 aromatic carbocycles. The standard InChI is InChI=1S/C14H20FN3O2/c1-14(2,3)17-8-6-16(7-9-17)13-5-4-11(18(19)20)10-12(13)15/h4-5,10H,6-9H2,1-3H3. The van der Waals surface area contributed by atoms with Gasteiger partial charge in [0.25, 0.3) is 5.69 Å². The third-order valence-corrected chi connectivity index (χ3v) is 3.71. The van der Waals surface area contributed by atoms with Crippen molar-refractivity contribution >= 4 is 11.4 Å². The number of hydrogen-bond donors (Lipinski definition) is 0. The van der Waals surface area contributed by atoms with Crippen LogP contribution in [0.1, 0.15) is 20.8 Å². The van der Waals surface area contributed by atoms with E-state index in [2.05, 4.69) is 25.7 Å². The van der Waals surface area contributed by atoms with Crippen molar-refractivity contribution in [2.45, 2.75) is 26.3 Å². The predicted molar refractivity (Wildman–Crippen MR) is 76.6 cm³/mol. The Kier molecular flexibility index (Phi) is 3.94. The van der Waals surface area contributed by atoms with Crippen LogP contribution in [-0.2, 0) is 0 Å². The summed E-state index contributed by atoms with van der Waals surface area (Å²) >= 11 is 0. The number of nitrogens with zero attached hydrogens (tertiary/aromatic N) is 3. The van der Waals surface area contributed by atoms with Crippen molar-refractivity contribution in [3.05, 3.63) is 34.1 Å². The van der Waals surface area contributed by atoms with Gasteiger partial charge in [0.2, 0.25) is 0 Å². The van der Waals surface area contributed by atoms with Crippen LogP contribution in [0.5, 0.6) is 0 Å². The highest BCUT2D eigenvalue weighted by atomic mass is 19.1. The van der Waals surface area contributed by atoms with E-state index in [0.29, 0.717) is 5.69 Å². The van der Waals surface area contributed by atoms with Gasteiger partial charge in [-0.2, -0.15) is 0 Å². The van der Waals surface area contributed by atoms with Gasteiger partial charge in [-0.05, 0) is 26.8 Å². The monoisotopic (exact) mass is 281 g/mol. The fourth-order valence-electron chi connectivity index (χ4n) is 2.48. The second kappa shape index (κ2) is 5.36. The second-order valence-corrected chi connectivity index (χ2v) is 6.04. The molecule has 0 aromatic heterocycles. The number of rotatable bonds is 2. The van der Waals surface area contributed by atoms with Crippen LogP contribution in [-0.4, -0.2) is 41.5 Å². The lowest BCUT2D eigenvalue weighted by Crippen LogP contribution is -2.53. The van der Waals surface area contributed by atoms with E-state index in [4.69, 9.17) is 0 Å². The number of nitro benzene ring substituents is 1. The molecule has 0 bridgehead atoms. The van der Waals surface area contributed by atoms with Crippen LogP contribution >= 0.6 is 0 Å². The third kappa shape index (κ3) is 3.07. The van der Waals surface area contributed by atoms with Crippen LogP contribution in [0.15, 0.2) is 18.2 Å². The summed E-state index contributed by atoms with van der Waals surface area (Å²) in [6.45, 7) is 9.66. The van der Waals surface area contributed by atoms with Gasteiger partial charge in [-0.3, -0.25) is 15.0 Å². The summed E-state index contributed by atoms with van der Waals surface area (Å²) in [4.78, 5) is 14.3. The summed E-state index contributed by atoms with van der Waals surface area (Å²) < 4.78 is 14.0. The van der Waals surface area contributed by atoms with Crippen LogP contribution in [0, 0.1) is 15.9 Å². The molecule has 0 saturated carbocycles. The first-order chi connectivity index (χ1) is 9.29. The fourth-order valence-corrected chi connectivity index (χ4v) is 2.48. The summed E-state index contributed by atoms with van der Waals surface area (Å²) in [5, 5.41) is 10.6. The molecule has 0 amide bonds. The van der Waals surface area contributed by atoms with Crippen molar-refractivity contribution in [3.8, 4) is 0 Å². The first kappa shape index (κ1) is 14.7. The van der Waals surface area contributed by atoms with Gasteiger partial charge in [0.1, 0.15) is 0 Å². The Balaban J connectivity index is 2.09. The van der Waals surface area contributed by atoms with Gasteiger partial charge in [0, 0.05) is 37.8 Å². The average Bonchev–Trinajstić information content (AvgIpc) is 2.37. The summed E-state index contributed by atoms with van der Waals surface area (Å²) in [6, 6.07) is 3.85. The lowest BCUT2D eigenvalue weighted by atomic mass is 10.0. The predicted octanol–water partition coefficient (Wildman–Crippen LogP) is 2.65. The average molecular weight is 281 g/mol. The van der Waals surface area contributed by atoms with Gasteiger partial charge < -0.3 is 4.90 Å². The van der Waals surface area contributed by atoms with Crippen molar-refractivity contribution in [1.29, 1.82) is 0 Å². The van der Waals surface area contributed by atoms with Gasteiger partial charge in [-0.1, -0.05) is 0 Å². The molecule has 1 aliphatic heterocycles. The minimum atomic E-state index is -0.579. The molecule has 0 unspecified atom stereocenters. The molecular weight excluding hydrogens is 261 g/mol. The van der Waals surface area contributed by atoms with E-state index in [1.165, 1.54) is 12.1 Å². The molecule has 110 valence electrons. The Bertz CT molecular complexity index is 506. The molecule has 6 heteroatoms. The van der Waals surface area contributed by atoms with Gasteiger partial charge in [-0.15, -0.1) is 0 Å². The maximum atomic E-state index is 14.0. The zero-order chi connectivity index (χ0) is 14.9. The van der Waals surface area contributed by atoms with Crippen LogP contribution in [0.4, 0.5) is 15.8 Å². The molecule has 0 atom stereocenters. The molecule has 0 spiro atoms. The Hall–Kier alpha value is -1.69. The van der Waals surface area contributed by atoms with Crippen LogP contribution < -0.4 is 4.90 Å². The molecule has 1 aliphatic rings. The number of anilines is 1. The van der Waals surface area contributed by atoms with Crippen molar-refractivity contribution in [1.82, 2.24) is 4.90 Å². The van der Waals surface area contributed by atoms with Crippen molar-refractivity contribution in [3.63, 3.8) is 0 Å². The molecule has 0 aliphatic carbocycles. The Morgan fingerprint density at radius 1 is 1.20 bits per heavy atom. The molecule has 0 N–H and O–H groups in total. The molecule has 1 fully saturated rings. The highest BCUT2D eigenvalue weighted by Gasteiger charge is 2.27. The Labute approximate surface area is 118 Å². The molecule has 2 rings (SSSR count). The fraction of sp³-hybridized carbons (Fsp3) is 0.571. The summed E-state index contributed by atoms with van der Waals surface area (Å²) in [7, 11) is 0. The smallest absolute Gasteiger partial charge is 0.272 e. The first-order valence-electron chi connectivity index (χ1n) is 6.73. The molecule has 1 saturated heterocycles. The normalized spacial score (nSPS) is 17.3. The Morgan fingerprint density at radius 2 is 1.80 bits per heavy atom. The lowest BCUT2D eigenvalue weighted by molar-refractivity contribution is -0.385. The maximum absolute atomic E-state index is 14.0. The van der Waals surface area contributed by atoms with Crippen molar-refractivity contribution in [2.75, 3.05) is 31.1 Å². The number of non-ortho nitro benzene ring substituents is 1. The highest BCUT2D eigenvalue weighted by Crippen LogP contribution is 2.26. The van der Waals surface area contributed by atoms with Gasteiger partial charge in [0.05, 0.1) is 16.7 Å². The summed E-state index contributed by atoms with van der Waals surface area (Å²) in [5.41, 5.74) is 0.351. The topological polar surface area (TPSA) is 49.6 Å². The first-order valence-corrected chi connectivity index (χ1v) is 6.73. The molecular formula is C14H20FN3O2. The number of hydrogen-bond acceptors (Lipinski definition) is 4. The largest absolute Gasteiger partial charge is 0.367 e. The number of halogens is 1. The van der Waals surface area contributed by atoms with E-state index >= 15 is 0 Å². The van der Waals surface area contributed by atoms with Crippen LogP contribution in [0.3, 0.4) is 0 Å². The second-order valence-electron chi connectivity index (χ2n) is 6.04. The van der Waals surface area contributed by atoms with Crippen molar-refractivity contribution < 1.29 is 9.31 Å². The van der Waals surface area contributed by atoms with E-state index < -0.39 is 10.7 Å². The van der Waals surface area contributed by atoms with E-state index in [1.807, 2.05) is 4.90 Å². The maximum Gasteiger partial charge on any atom is 0.272 e. The molecule has 20 heavy (non-hydrogen) atoms. The van der Waals surface area contributed by atoms with Gasteiger partial charge >= 0.3 is 0 Å². The lowest BCUT2D eigenvalue weighted by Gasteiger charge is -2.43. The van der Waals surface area contributed by atoms with E-state index in [0.717, 1.165) is 32.2 Å². The highest BCUT2D eigenvalue weighted by molar-refractivity contribution is 5.52. The summed E-state index contributed by atoms with van der Waals surface area (Å²) in [5.74, 6) is -0.525. The van der Waals surface area contributed by atoms with Crippen LogP contribution in [0.2, 0.25) is 0 Å². The number of benzene rings is 1. The molecule has 5 nitrogen and oxygen atoms in total. The molecule has 0 radical (unpaired) electrons. The van der Waals surface area contributed by atoms with E-state index in [-0.39, 0.29) is 11.2 Å². The van der Waals surface area contributed by atoms with Gasteiger partial charge in [0.15, 0.2) is 5.82 Å². The molecule has 1 aromatic rings. The van der Waals surface area contributed by atoms with Crippen molar-refractivity contribution in [2.24, 2.45) is 0 Å². The number of nitro groups is 1. The van der Waals surface area contributed by atoms with Gasteiger partial charge in [-0.25, -0.2) is 4.39 Å². The zero-order valence-corrected chi connectivity index (χ0v) is 12.1. The minimum Gasteiger partial charge on any atom is -0.367 e. The van der Waals surface area contributed by atoms with E-state index in [9.17, 15) is 14.5 Å². The SMILES string of the molecule is CC(C)(C)N1CCN(c2ccc([N+](=O)[O-])cc2F)CC1. The Morgan fingerprint density at radius 3 is 2.25 bits per heavy atom. The quantitative estimate of drug-likeness (QED) is 0.617. The van der Waals surface area contributed by atoms with Crippen LogP contribution in [0.25, 0.3) is 0 Å². The third-order valence-electron chi connectivity index (χ3n) is 3.71.